The van der Waals surface area contributed by atoms with Crippen molar-refractivity contribution in [1.29, 1.82) is 0 Å². The molecule has 1 aliphatic rings. The fourth-order valence-electron chi connectivity index (χ4n) is 3.23. The molecule has 2 aromatic heterocycles. The van der Waals surface area contributed by atoms with E-state index in [1.54, 1.807) is 35.4 Å². The van der Waals surface area contributed by atoms with Crippen LogP contribution >= 0.6 is 24.0 Å². The zero-order chi connectivity index (χ0) is 22.0. The molecule has 0 N–H and O–H groups in total. The van der Waals surface area contributed by atoms with Crippen LogP contribution in [0.25, 0.3) is 11.7 Å². The van der Waals surface area contributed by atoms with Crippen LogP contribution < -0.4 is 10.3 Å². The number of rotatable bonds is 6. The Kier molecular flexibility index (Phi) is 6.20. The maximum atomic E-state index is 13.4. The smallest absolute Gasteiger partial charge is 0.269 e. The lowest BCUT2D eigenvalue weighted by atomic mass is 10.2. The highest BCUT2D eigenvalue weighted by atomic mass is 32.2. The normalized spacial score (nSPS) is 15.3. The number of fused-ring (bicyclic) bond motifs is 1. The maximum Gasteiger partial charge on any atom is 0.269 e. The number of carbonyl (C=O) groups is 1. The van der Waals surface area contributed by atoms with Crippen LogP contribution in [0, 0.1) is 6.92 Å². The molecule has 0 spiro atoms. The van der Waals surface area contributed by atoms with Gasteiger partial charge in [-0.2, -0.15) is 4.98 Å². The lowest BCUT2D eigenvalue weighted by molar-refractivity contribution is -0.122. The molecule has 1 saturated heterocycles. The molecule has 3 heterocycles. The van der Waals surface area contributed by atoms with Gasteiger partial charge in [-0.1, -0.05) is 61.6 Å². The molecule has 158 valence electrons. The van der Waals surface area contributed by atoms with Gasteiger partial charge in [0.15, 0.2) is 0 Å². The van der Waals surface area contributed by atoms with Crippen molar-refractivity contribution < 1.29 is 9.53 Å². The van der Waals surface area contributed by atoms with Crippen LogP contribution in [0.3, 0.4) is 0 Å². The molecule has 31 heavy (non-hydrogen) atoms. The first-order chi connectivity index (χ1) is 15.0. The van der Waals surface area contributed by atoms with E-state index in [9.17, 15) is 9.59 Å². The number of nitrogens with zero attached hydrogens (tertiary/aromatic N) is 3. The van der Waals surface area contributed by atoms with Crippen LogP contribution in [-0.4, -0.2) is 31.1 Å². The summed E-state index contributed by atoms with van der Waals surface area (Å²) in [4.78, 5) is 32.9. The van der Waals surface area contributed by atoms with Crippen molar-refractivity contribution in [1.82, 2.24) is 14.3 Å². The number of carbonyl (C=O) groups excluding carboxylic acids is 1. The number of thiocarbonyl (C=S) groups is 1. The van der Waals surface area contributed by atoms with E-state index in [1.807, 2.05) is 31.2 Å². The number of pyridine rings is 1. The van der Waals surface area contributed by atoms with Crippen molar-refractivity contribution in [2.24, 2.45) is 0 Å². The average Bonchev–Trinajstić information content (AvgIpc) is 3.03. The second-order valence-electron chi connectivity index (χ2n) is 7.12. The standard InChI is InChI=1S/C23H21N3O3S2/c1-3-4-12-26-22(28)18(31-23(26)30)14-17-20(29-16-10-6-5-7-11-16)24-19-15(2)9-8-13-25(19)21(17)27/h5-11,13-14H,3-4,12H2,1-2H3. The molecule has 4 rings (SSSR count). The number of hydrogen-bond donors (Lipinski definition) is 0. The quantitative estimate of drug-likeness (QED) is 0.396. The van der Waals surface area contributed by atoms with Crippen LogP contribution in [0.5, 0.6) is 11.6 Å². The van der Waals surface area contributed by atoms with Crippen LogP contribution in [-0.2, 0) is 4.79 Å². The van der Waals surface area contributed by atoms with E-state index in [2.05, 4.69) is 11.9 Å². The summed E-state index contributed by atoms with van der Waals surface area (Å²) < 4.78 is 7.95. The first kappa shape index (κ1) is 21.3. The van der Waals surface area contributed by atoms with Gasteiger partial charge in [0.2, 0.25) is 5.88 Å². The van der Waals surface area contributed by atoms with E-state index in [4.69, 9.17) is 17.0 Å². The summed E-state index contributed by atoms with van der Waals surface area (Å²) in [6.45, 7) is 4.51. The Bertz CT molecular complexity index is 1250. The van der Waals surface area contributed by atoms with Gasteiger partial charge in [-0.3, -0.25) is 18.9 Å². The van der Waals surface area contributed by atoms with Crippen molar-refractivity contribution in [2.75, 3.05) is 6.54 Å². The number of hydrogen-bond acceptors (Lipinski definition) is 6. The van der Waals surface area contributed by atoms with Crippen molar-refractivity contribution >= 4 is 45.9 Å². The second kappa shape index (κ2) is 9.03. The number of unbranched alkanes of at least 4 members (excludes halogenated alkanes) is 1. The van der Waals surface area contributed by atoms with Gasteiger partial charge in [0, 0.05) is 12.7 Å². The van der Waals surface area contributed by atoms with Gasteiger partial charge in [-0.15, -0.1) is 0 Å². The second-order valence-corrected chi connectivity index (χ2v) is 8.80. The number of para-hydroxylation sites is 1. The molecule has 1 fully saturated rings. The minimum absolute atomic E-state index is 0.157. The summed E-state index contributed by atoms with van der Waals surface area (Å²) >= 11 is 6.58. The summed E-state index contributed by atoms with van der Waals surface area (Å²) in [5.74, 6) is 0.518. The summed E-state index contributed by atoms with van der Waals surface area (Å²) in [5, 5.41) is 0. The van der Waals surface area contributed by atoms with Gasteiger partial charge in [0.1, 0.15) is 21.3 Å². The molecule has 0 saturated carbocycles. The number of ether oxygens (including phenoxy) is 1. The fourth-order valence-corrected chi connectivity index (χ4v) is 4.52. The van der Waals surface area contributed by atoms with E-state index in [-0.39, 0.29) is 22.9 Å². The highest BCUT2D eigenvalue weighted by molar-refractivity contribution is 8.26. The van der Waals surface area contributed by atoms with Gasteiger partial charge < -0.3 is 4.74 Å². The summed E-state index contributed by atoms with van der Waals surface area (Å²) in [5.41, 5.74) is 1.25. The third-order valence-corrected chi connectivity index (χ3v) is 6.27. The molecule has 3 aromatic rings. The zero-order valence-electron chi connectivity index (χ0n) is 17.2. The van der Waals surface area contributed by atoms with E-state index < -0.39 is 0 Å². The van der Waals surface area contributed by atoms with Crippen molar-refractivity contribution in [3.63, 3.8) is 0 Å². The van der Waals surface area contributed by atoms with Crippen LogP contribution in [0.15, 0.2) is 58.4 Å². The van der Waals surface area contributed by atoms with Crippen LogP contribution in [0.4, 0.5) is 0 Å². The van der Waals surface area contributed by atoms with Gasteiger partial charge in [-0.25, -0.2) is 0 Å². The molecule has 1 aromatic carbocycles. The van der Waals surface area contributed by atoms with Gasteiger partial charge >= 0.3 is 0 Å². The topological polar surface area (TPSA) is 63.9 Å². The first-order valence-electron chi connectivity index (χ1n) is 10.00. The lowest BCUT2D eigenvalue weighted by Crippen LogP contribution is -2.29. The fraction of sp³-hybridized carbons (Fsp3) is 0.217. The van der Waals surface area contributed by atoms with Gasteiger partial charge in [0.25, 0.3) is 11.5 Å². The maximum absolute atomic E-state index is 13.4. The van der Waals surface area contributed by atoms with Crippen molar-refractivity contribution in [3.8, 4) is 11.6 Å². The monoisotopic (exact) mass is 451 g/mol. The van der Waals surface area contributed by atoms with Crippen molar-refractivity contribution in [2.45, 2.75) is 26.7 Å². The molecule has 1 aliphatic heterocycles. The van der Waals surface area contributed by atoms with Gasteiger partial charge in [0.05, 0.1) is 4.91 Å². The van der Waals surface area contributed by atoms with E-state index >= 15 is 0 Å². The molecular formula is C23H21N3O3S2. The summed E-state index contributed by atoms with van der Waals surface area (Å²) in [6, 6.07) is 12.8. The van der Waals surface area contributed by atoms with E-state index in [1.165, 1.54) is 16.2 Å². The number of aromatic nitrogens is 2. The van der Waals surface area contributed by atoms with Gasteiger partial charge in [-0.05, 0) is 43.2 Å². The number of aryl methyl sites for hydroxylation is 1. The van der Waals surface area contributed by atoms with E-state index in [0.29, 0.717) is 27.2 Å². The zero-order valence-corrected chi connectivity index (χ0v) is 18.8. The molecule has 1 amide bonds. The number of thioether (sulfide) groups is 1. The lowest BCUT2D eigenvalue weighted by Gasteiger charge is -2.13. The third-order valence-electron chi connectivity index (χ3n) is 4.89. The predicted molar refractivity (Wildman–Crippen MR) is 128 cm³/mol. The highest BCUT2D eigenvalue weighted by Crippen LogP contribution is 2.34. The first-order valence-corrected chi connectivity index (χ1v) is 11.2. The third kappa shape index (κ3) is 4.26. The molecule has 0 aliphatic carbocycles. The predicted octanol–water partition coefficient (Wildman–Crippen LogP) is 4.80. The minimum Gasteiger partial charge on any atom is -0.438 e. The average molecular weight is 452 g/mol. The van der Waals surface area contributed by atoms with Crippen LogP contribution in [0.1, 0.15) is 30.9 Å². The Hall–Kier alpha value is -2.97. The van der Waals surface area contributed by atoms with Crippen LogP contribution in [0.2, 0.25) is 0 Å². The molecule has 6 nitrogen and oxygen atoms in total. The molecule has 0 bridgehead atoms. The SMILES string of the molecule is CCCCN1C(=O)C(=Cc2c(Oc3ccccc3)nc3c(C)cccn3c2=O)SC1=S. The Balaban J connectivity index is 1.84. The van der Waals surface area contributed by atoms with Crippen molar-refractivity contribution in [3.05, 3.63) is 75.0 Å². The Morgan fingerprint density at radius 2 is 1.94 bits per heavy atom. The molecule has 0 radical (unpaired) electrons. The number of benzene rings is 1. The minimum atomic E-state index is -0.307. The highest BCUT2D eigenvalue weighted by Gasteiger charge is 2.32. The van der Waals surface area contributed by atoms with E-state index in [0.717, 1.165) is 18.4 Å². The molecule has 8 heteroatoms. The Morgan fingerprint density at radius 1 is 1.16 bits per heavy atom. The molecular weight excluding hydrogens is 430 g/mol. The molecule has 0 atom stereocenters. The largest absolute Gasteiger partial charge is 0.438 e. The summed E-state index contributed by atoms with van der Waals surface area (Å²) in [6.07, 6.45) is 5.03. The molecule has 0 unspecified atom stereocenters. The number of amides is 1. The Labute approximate surface area is 189 Å². The summed E-state index contributed by atoms with van der Waals surface area (Å²) in [7, 11) is 0. The Morgan fingerprint density at radius 3 is 2.68 bits per heavy atom.